The van der Waals surface area contributed by atoms with Gasteiger partial charge in [-0.05, 0) is 50.9 Å². The lowest BCUT2D eigenvalue weighted by atomic mass is 9.88. The second kappa shape index (κ2) is 3.94. The summed E-state index contributed by atoms with van der Waals surface area (Å²) in [4.78, 5) is 2.54. The molecule has 1 saturated heterocycles. The summed E-state index contributed by atoms with van der Waals surface area (Å²) in [6.07, 6.45) is 3.55. The minimum absolute atomic E-state index is 0.0371. The van der Waals surface area contributed by atoms with Crippen LogP contribution in [0.3, 0.4) is 0 Å². The number of hydrogen-bond acceptors (Lipinski definition) is 3. The number of ether oxygens (including phenoxy) is 1. The van der Waals surface area contributed by atoms with Gasteiger partial charge in [0.25, 0.3) is 0 Å². The maximum Gasteiger partial charge on any atom is 0.0726 e. The van der Waals surface area contributed by atoms with E-state index in [1.54, 1.807) is 7.11 Å². The van der Waals surface area contributed by atoms with Gasteiger partial charge in [0, 0.05) is 26.2 Å². The van der Waals surface area contributed by atoms with Gasteiger partial charge in [-0.2, -0.15) is 0 Å². The number of aliphatic hydroxyl groups is 1. The highest BCUT2D eigenvalue weighted by molar-refractivity contribution is 5.10. The molecule has 0 amide bonds. The molecule has 0 spiro atoms. The molecule has 5 atom stereocenters. The Balaban J connectivity index is 1.63. The Kier molecular flexibility index (Phi) is 2.77. The second-order valence-corrected chi connectivity index (χ2v) is 6.85. The summed E-state index contributed by atoms with van der Waals surface area (Å²) in [5.41, 5.74) is -0.0371. The molecular weight excluding hydrogens is 214 g/mol. The van der Waals surface area contributed by atoms with Crippen LogP contribution < -0.4 is 0 Å². The monoisotopic (exact) mass is 239 g/mol. The fraction of sp³-hybridized carbons (Fsp3) is 1.00. The van der Waals surface area contributed by atoms with Crippen molar-refractivity contribution >= 4 is 0 Å². The number of fused-ring (bicyclic) bond motifs is 1. The van der Waals surface area contributed by atoms with Crippen LogP contribution in [0.25, 0.3) is 0 Å². The van der Waals surface area contributed by atoms with E-state index in [1.165, 1.54) is 19.4 Å². The Morgan fingerprint density at radius 1 is 1.29 bits per heavy atom. The van der Waals surface area contributed by atoms with Crippen molar-refractivity contribution in [3.63, 3.8) is 0 Å². The molecule has 1 aliphatic heterocycles. The average Bonchev–Trinajstić information content (AvgIpc) is 2.87. The third kappa shape index (κ3) is 1.83. The smallest absolute Gasteiger partial charge is 0.0726 e. The van der Waals surface area contributed by atoms with Gasteiger partial charge in [0.2, 0.25) is 0 Å². The van der Waals surface area contributed by atoms with Gasteiger partial charge in [0.1, 0.15) is 0 Å². The van der Waals surface area contributed by atoms with Crippen LogP contribution in [0.4, 0.5) is 0 Å². The molecule has 0 aromatic rings. The summed E-state index contributed by atoms with van der Waals surface area (Å²) >= 11 is 0. The molecule has 0 aromatic heterocycles. The molecule has 1 N–H and O–H groups in total. The Morgan fingerprint density at radius 3 is 2.71 bits per heavy atom. The second-order valence-electron chi connectivity index (χ2n) is 6.85. The van der Waals surface area contributed by atoms with Crippen LogP contribution in [0.2, 0.25) is 0 Å². The van der Waals surface area contributed by atoms with Gasteiger partial charge < -0.3 is 9.84 Å². The molecule has 5 unspecified atom stereocenters. The van der Waals surface area contributed by atoms with Gasteiger partial charge in [-0.25, -0.2) is 0 Å². The van der Waals surface area contributed by atoms with Crippen molar-refractivity contribution in [1.29, 1.82) is 0 Å². The summed E-state index contributed by atoms with van der Waals surface area (Å²) in [7, 11) is 1.79. The maximum atomic E-state index is 10.3. The molecule has 2 saturated carbocycles. The van der Waals surface area contributed by atoms with Crippen molar-refractivity contribution in [3.05, 3.63) is 0 Å². The van der Waals surface area contributed by atoms with E-state index in [4.69, 9.17) is 4.74 Å². The lowest BCUT2D eigenvalue weighted by Gasteiger charge is -2.31. The number of nitrogens with zero attached hydrogens (tertiary/aromatic N) is 1. The summed E-state index contributed by atoms with van der Waals surface area (Å²) in [6.45, 7) is 6.57. The normalized spacial score (nSPS) is 44.8. The van der Waals surface area contributed by atoms with Crippen LogP contribution in [0.5, 0.6) is 0 Å². The molecule has 17 heavy (non-hydrogen) atoms. The van der Waals surface area contributed by atoms with E-state index in [9.17, 15) is 5.11 Å². The minimum atomic E-state index is -0.0515. The Labute approximate surface area is 104 Å². The highest BCUT2D eigenvalue weighted by atomic mass is 16.5. The summed E-state index contributed by atoms with van der Waals surface area (Å²) in [5.74, 6) is 2.27. The number of likely N-dealkylation sites (tertiary alicyclic amines) is 1. The molecule has 3 heteroatoms. The molecule has 3 aliphatic rings. The molecule has 2 bridgehead atoms. The van der Waals surface area contributed by atoms with Crippen molar-refractivity contribution in [2.75, 3.05) is 20.2 Å². The van der Waals surface area contributed by atoms with E-state index in [1.807, 2.05) is 0 Å². The lowest BCUT2D eigenvalue weighted by Crippen LogP contribution is -2.42. The van der Waals surface area contributed by atoms with Gasteiger partial charge in [-0.3, -0.25) is 4.90 Å². The standard InChI is InChI=1S/C14H25NO2/c1-14(2,17-3)4-5-15-8-10-6-9-7-11(10)12(15)13(9)16/h9-13,16H,4-8H2,1-3H3. The first kappa shape index (κ1) is 11.9. The molecule has 0 radical (unpaired) electrons. The van der Waals surface area contributed by atoms with E-state index < -0.39 is 0 Å². The summed E-state index contributed by atoms with van der Waals surface area (Å²) in [6, 6.07) is 0.464. The van der Waals surface area contributed by atoms with E-state index in [0.29, 0.717) is 12.0 Å². The van der Waals surface area contributed by atoms with Crippen molar-refractivity contribution in [1.82, 2.24) is 4.90 Å². The minimum Gasteiger partial charge on any atom is -0.391 e. The zero-order valence-corrected chi connectivity index (χ0v) is 11.2. The van der Waals surface area contributed by atoms with Crippen LogP contribution in [0.15, 0.2) is 0 Å². The van der Waals surface area contributed by atoms with Gasteiger partial charge in [0.05, 0.1) is 11.7 Å². The first-order valence-corrected chi connectivity index (χ1v) is 6.99. The molecule has 1 heterocycles. The molecule has 2 aliphatic carbocycles. The van der Waals surface area contributed by atoms with Gasteiger partial charge in [0.15, 0.2) is 0 Å². The topological polar surface area (TPSA) is 32.7 Å². The highest BCUT2D eigenvalue weighted by Gasteiger charge is 2.58. The molecule has 98 valence electrons. The SMILES string of the molecule is COC(C)(C)CCN1CC2CC3CC2C1C3O. The van der Waals surface area contributed by atoms with E-state index in [-0.39, 0.29) is 11.7 Å². The van der Waals surface area contributed by atoms with Crippen molar-refractivity contribution in [2.24, 2.45) is 17.8 Å². The van der Waals surface area contributed by atoms with Gasteiger partial charge in [-0.15, -0.1) is 0 Å². The summed E-state index contributed by atoms with van der Waals surface area (Å²) < 4.78 is 5.48. The number of hydrogen-bond donors (Lipinski definition) is 1. The molecule has 3 fully saturated rings. The van der Waals surface area contributed by atoms with Crippen molar-refractivity contribution in [3.8, 4) is 0 Å². The zero-order chi connectivity index (χ0) is 12.2. The highest BCUT2D eigenvalue weighted by Crippen LogP contribution is 2.54. The fourth-order valence-electron chi connectivity index (χ4n) is 4.31. The molecule has 0 aromatic carbocycles. The maximum absolute atomic E-state index is 10.3. The lowest BCUT2D eigenvalue weighted by molar-refractivity contribution is -0.00246. The number of aliphatic hydroxyl groups excluding tert-OH is 1. The van der Waals surface area contributed by atoms with Gasteiger partial charge in [-0.1, -0.05) is 0 Å². The van der Waals surface area contributed by atoms with Crippen LogP contribution >= 0.6 is 0 Å². The van der Waals surface area contributed by atoms with E-state index in [2.05, 4.69) is 18.7 Å². The summed E-state index contributed by atoms with van der Waals surface area (Å²) in [5, 5.41) is 10.3. The molecule has 3 nitrogen and oxygen atoms in total. The number of methoxy groups -OCH3 is 1. The van der Waals surface area contributed by atoms with E-state index >= 15 is 0 Å². The van der Waals surface area contributed by atoms with Crippen LogP contribution in [0, 0.1) is 17.8 Å². The van der Waals surface area contributed by atoms with Crippen molar-refractivity contribution in [2.45, 2.75) is 50.9 Å². The van der Waals surface area contributed by atoms with Crippen LogP contribution in [-0.4, -0.2) is 48.0 Å². The Bertz CT molecular complexity index is 303. The zero-order valence-electron chi connectivity index (χ0n) is 11.2. The largest absolute Gasteiger partial charge is 0.391 e. The van der Waals surface area contributed by atoms with Gasteiger partial charge >= 0.3 is 0 Å². The first-order valence-electron chi connectivity index (χ1n) is 6.99. The molecule has 3 rings (SSSR count). The van der Waals surface area contributed by atoms with Crippen molar-refractivity contribution < 1.29 is 9.84 Å². The predicted molar refractivity (Wildman–Crippen MR) is 66.8 cm³/mol. The predicted octanol–water partition coefficient (Wildman–Crippen LogP) is 1.50. The fourth-order valence-corrected chi connectivity index (χ4v) is 4.31. The molecular formula is C14H25NO2. The quantitative estimate of drug-likeness (QED) is 0.807. The average molecular weight is 239 g/mol. The van der Waals surface area contributed by atoms with Crippen LogP contribution in [0.1, 0.15) is 33.1 Å². The number of rotatable bonds is 4. The third-order valence-corrected chi connectivity index (χ3v) is 5.50. The third-order valence-electron chi connectivity index (χ3n) is 5.50. The first-order chi connectivity index (χ1) is 8.02. The van der Waals surface area contributed by atoms with Crippen LogP contribution in [-0.2, 0) is 4.74 Å². The van der Waals surface area contributed by atoms with E-state index in [0.717, 1.165) is 24.8 Å². The Morgan fingerprint density at radius 2 is 2.06 bits per heavy atom. The Hall–Kier alpha value is -0.120.